The van der Waals surface area contributed by atoms with Crippen molar-refractivity contribution in [3.8, 4) is 0 Å². The van der Waals surface area contributed by atoms with E-state index in [1.807, 2.05) is 0 Å². The van der Waals surface area contributed by atoms with E-state index < -0.39 is 27.5 Å². The predicted octanol–water partition coefficient (Wildman–Crippen LogP) is 2.90. The van der Waals surface area contributed by atoms with Crippen molar-refractivity contribution in [3.05, 3.63) is 45.3 Å². The maximum Gasteiger partial charge on any atom is 0.341 e. The Morgan fingerprint density at radius 1 is 1.23 bits per heavy atom. The Morgan fingerprint density at radius 3 is 2.52 bits per heavy atom. The fourth-order valence-electron chi connectivity index (χ4n) is 3.25. The molecule has 1 aromatic heterocycles. The molecule has 0 saturated carbocycles. The number of sulfone groups is 1. The number of thiophene rings is 1. The standard InChI is InChI=1S/C20H21ClN2O6S2/c1-12(24)23-9-7-15-16(11-23)30-19(18(15)20(26)29-2)22-17(25)8-10-31(27,28)14-5-3-13(21)4-6-14/h3-6H,7-11H2,1-2H3,(H,22,25). The first-order valence-electron chi connectivity index (χ1n) is 9.39. The van der Waals surface area contributed by atoms with Crippen molar-refractivity contribution in [1.29, 1.82) is 0 Å². The fourth-order valence-corrected chi connectivity index (χ4v) is 5.89. The highest BCUT2D eigenvalue weighted by molar-refractivity contribution is 7.91. The molecule has 0 radical (unpaired) electrons. The van der Waals surface area contributed by atoms with Gasteiger partial charge in [0.25, 0.3) is 0 Å². The second kappa shape index (κ2) is 9.37. The molecule has 0 bridgehead atoms. The van der Waals surface area contributed by atoms with E-state index >= 15 is 0 Å². The molecule has 1 N–H and O–H groups in total. The monoisotopic (exact) mass is 484 g/mol. The van der Waals surface area contributed by atoms with Crippen LogP contribution in [0.3, 0.4) is 0 Å². The van der Waals surface area contributed by atoms with Gasteiger partial charge in [-0.25, -0.2) is 13.2 Å². The summed E-state index contributed by atoms with van der Waals surface area (Å²) in [5.74, 6) is -1.59. The molecule has 2 aromatic rings. The highest BCUT2D eigenvalue weighted by Gasteiger charge is 2.30. The lowest BCUT2D eigenvalue weighted by Crippen LogP contribution is -2.33. The van der Waals surface area contributed by atoms with Crippen LogP contribution in [0.2, 0.25) is 5.02 Å². The number of halogens is 1. The second-order valence-electron chi connectivity index (χ2n) is 6.96. The van der Waals surface area contributed by atoms with E-state index in [2.05, 4.69) is 5.32 Å². The van der Waals surface area contributed by atoms with E-state index in [0.29, 0.717) is 29.5 Å². The third-order valence-electron chi connectivity index (χ3n) is 4.92. The quantitative estimate of drug-likeness (QED) is 0.631. The largest absolute Gasteiger partial charge is 0.465 e. The summed E-state index contributed by atoms with van der Waals surface area (Å²) in [4.78, 5) is 39.0. The van der Waals surface area contributed by atoms with Crippen LogP contribution in [0, 0.1) is 0 Å². The zero-order valence-corrected chi connectivity index (χ0v) is 19.3. The maximum atomic E-state index is 12.5. The molecule has 0 atom stereocenters. The van der Waals surface area contributed by atoms with Crippen LogP contribution in [0.15, 0.2) is 29.2 Å². The van der Waals surface area contributed by atoms with Crippen molar-refractivity contribution in [2.45, 2.75) is 31.2 Å². The van der Waals surface area contributed by atoms with Crippen LogP contribution in [0.25, 0.3) is 0 Å². The molecule has 31 heavy (non-hydrogen) atoms. The minimum absolute atomic E-state index is 0.0725. The number of nitrogens with one attached hydrogen (secondary N) is 1. The summed E-state index contributed by atoms with van der Waals surface area (Å²) < 4.78 is 29.8. The number of carbonyl (C=O) groups excluding carboxylic acids is 3. The Labute approximate surface area is 189 Å². The Bertz CT molecular complexity index is 1130. The Hall–Kier alpha value is -2.43. The number of fused-ring (bicyclic) bond motifs is 1. The lowest BCUT2D eigenvalue weighted by atomic mass is 10.0. The predicted molar refractivity (Wildman–Crippen MR) is 117 cm³/mol. The molecule has 1 aliphatic heterocycles. The summed E-state index contributed by atoms with van der Waals surface area (Å²) in [6.07, 6.45) is 0.185. The topological polar surface area (TPSA) is 110 Å². The van der Waals surface area contributed by atoms with Crippen molar-refractivity contribution >= 4 is 55.6 Å². The molecule has 8 nitrogen and oxygen atoms in total. The van der Waals surface area contributed by atoms with E-state index in [4.69, 9.17) is 16.3 Å². The summed E-state index contributed by atoms with van der Waals surface area (Å²) >= 11 is 6.98. The number of nitrogens with zero attached hydrogens (tertiary/aromatic N) is 1. The van der Waals surface area contributed by atoms with Gasteiger partial charge in [-0.2, -0.15) is 0 Å². The molecule has 0 unspecified atom stereocenters. The minimum atomic E-state index is -3.67. The molecule has 0 saturated heterocycles. The smallest absolute Gasteiger partial charge is 0.341 e. The number of ether oxygens (including phenoxy) is 1. The highest BCUT2D eigenvalue weighted by Crippen LogP contribution is 2.37. The Balaban J connectivity index is 1.75. The summed E-state index contributed by atoms with van der Waals surface area (Å²) in [5.41, 5.74) is 1.01. The summed E-state index contributed by atoms with van der Waals surface area (Å²) in [5, 5.41) is 3.37. The van der Waals surface area contributed by atoms with E-state index in [9.17, 15) is 22.8 Å². The number of esters is 1. The Morgan fingerprint density at radius 2 is 1.90 bits per heavy atom. The van der Waals surface area contributed by atoms with E-state index in [-0.39, 0.29) is 22.8 Å². The lowest BCUT2D eigenvalue weighted by Gasteiger charge is -2.25. The molecule has 1 aromatic carbocycles. The molecular weight excluding hydrogens is 464 g/mol. The molecule has 11 heteroatoms. The number of carbonyl (C=O) groups is 3. The normalized spacial score (nSPS) is 13.5. The average Bonchev–Trinajstić information content (AvgIpc) is 3.09. The van der Waals surface area contributed by atoms with Gasteiger partial charge in [0.1, 0.15) is 5.00 Å². The number of benzene rings is 1. The summed E-state index contributed by atoms with van der Waals surface area (Å²) in [7, 11) is -2.42. The molecular formula is C20H21ClN2O6S2. The summed E-state index contributed by atoms with van der Waals surface area (Å²) in [6, 6.07) is 5.72. The molecule has 3 rings (SSSR count). The van der Waals surface area contributed by atoms with Crippen molar-refractivity contribution in [1.82, 2.24) is 4.90 Å². The lowest BCUT2D eigenvalue weighted by molar-refractivity contribution is -0.129. The van der Waals surface area contributed by atoms with Crippen molar-refractivity contribution in [3.63, 3.8) is 0 Å². The van der Waals surface area contributed by atoms with Crippen LogP contribution >= 0.6 is 22.9 Å². The first-order valence-corrected chi connectivity index (χ1v) is 12.2. The third-order valence-corrected chi connectivity index (χ3v) is 8.03. The number of hydrogen-bond donors (Lipinski definition) is 1. The molecule has 0 spiro atoms. The van der Waals surface area contributed by atoms with Gasteiger partial charge >= 0.3 is 5.97 Å². The van der Waals surface area contributed by atoms with Crippen molar-refractivity contribution < 1.29 is 27.5 Å². The van der Waals surface area contributed by atoms with Gasteiger partial charge in [0.15, 0.2) is 9.84 Å². The average molecular weight is 485 g/mol. The SMILES string of the molecule is COC(=O)c1c(NC(=O)CCS(=O)(=O)c2ccc(Cl)cc2)sc2c1CCN(C(C)=O)C2. The van der Waals surface area contributed by atoms with Gasteiger partial charge in [0.2, 0.25) is 11.8 Å². The van der Waals surface area contributed by atoms with Crippen LogP contribution in [0.1, 0.15) is 34.1 Å². The number of anilines is 1. The van der Waals surface area contributed by atoms with Gasteiger partial charge in [-0.1, -0.05) is 11.6 Å². The van der Waals surface area contributed by atoms with Gasteiger partial charge in [-0.15, -0.1) is 11.3 Å². The number of amides is 2. The maximum absolute atomic E-state index is 12.5. The van der Waals surface area contributed by atoms with Crippen LogP contribution in [-0.4, -0.2) is 50.5 Å². The van der Waals surface area contributed by atoms with Crippen LogP contribution in [0.5, 0.6) is 0 Å². The van der Waals surface area contributed by atoms with Gasteiger partial charge in [0.05, 0.1) is 29.9 Å². The second-order valence-corrected chi connectivity index (χ2v) is 10.6. The summed E-state index contributed by atoms with van der Waals surface area (Å²) in [6.45, 7) is 2.29. The van der Waals surface area contributed by atoms with Crippen LogP contribution in [-0.2, 0) is 37.1 Å². The molecule has 2 heterocycles. The zero-order chi connectivity index (χ0) is 22.8. The zero-order valence-electron chi connectivity index (χ0n) is 16.9. The van der Waals surface area contributed by atoms with E-state index in [1.165, 1.54) is 49.6 Å². The first kappa shape index (κ1) is 23.2. The van der Waals surface area contributed by atoms with Crippen LogP contribution < -0.4 is 5.32 Å². The van der Waals surface area contributed by atoms with Gasteiger partial charge in [-0.3, -0.25) is 9.59 Å². The Kier molecular flexibility index (Phi) is 7.03. The first-order chi connectivity index (χ1) is 14.6. The molecule has 1 aliphatic rings. The molecule has 2 amide bonds. The van der Waals surface area contributed by atoms with Gasteiger partial charge in [0, 0.05) is 29.8 Å². The van der Waals surface area contributed by atoms with Gasteiger partial charge < -0.3 is 15.0 Å². The highest BCUT2D eigenvalue weighted by atomic mass is 35.5. The van der Waals surface area contributed by atoms with Gasteiger partial charge in [-0.05, 0) is 36.2 Å². The fraction of sp³-hybridized carbons (Fsp3) is 0.350. The molecule has 166 valence electrons. The van der Waals surface area contributed by atoms with Crippen molar-refractivity contribution in [2.24, 2.45) is 0 Å². The number of hydrogen-bond acceptors (Lipinski definition) is 7. The molecule has 0 fully saturated rings. The minimum Gasteiger partial charge on any atom is -0.465 e. The molecule has 0 aliphatic carbocycles. The number of methoxy groups -OCH3 is 1. The number of rotatable bonds is 6. The van der Waals surface area contributed by atoms with E-state index in [1.54, 1.807) is 4.90 Å². The third kappa shape index (κ3) is 5.25. The van der Waals surface area contributed by atoms with Crippen molar-refractivity contribution in [2.75, 3.05) is 24.7 Å². The van der Waals surface area contributed by atoms with E-state index in [0.717, 1.165) is 10.4 Å². The van der Waals surface area contributed by atoms with Crippen LogP contribution in [0.4, 0.5) is 5.00 Å².